The molecule has 0 saturated carbocycles. The smallest absolute Gasteiger partial charge is 0.368 e. The summed E-state index contributed by atoms with van der Waals surface area (Å²) in [5.74, 6) is 0. The molecule has 1 aliphatic rings. The van der Waals surface area contributed by atoms with Crippen LogP contribution in [0, 0.1) is 0 Å². The van der Waals surface area contributed by atoms with Crippen LogP contribution in [0.4, 0.5) is 13.2 Å². The SMILES string of the molecule is C=CN1CCNCC1c1ccccc1C(F)(F)F. The number of piperazine rings is 1. The molecule has 18 heavy (non-hydrogen) atoms. The van der Waals surface area contributed by atoms with Crippen molar-refractivity contribution in [2.24, 2.45) is 0 Å². The molecule has 2 rings (SSSR count). The van der Waals surface area contributed by atoms with Gasteiger partial charge in [-0.2, -0.15) is 13.2 Å². The van der Waals surface area contributed by atoms with E-state index in [0.717, 1.165) is 12.6 Å². The fraction of sp³-hybridized carbons (Fsp3) is 0.385. The first-order valence-corrected chi connectivity index (χ1v) is 5.79. The minimum atomic E-state index is -4.32. The first kappa shape index (κ1) is 13.0. The third-order valence-corrected chi connectivity index (χ3v) is 3.14. The Morgan fingerprint density at radius 1 is 1.33 bits per heavy atom. The number of hydrogen-bond acceptors (Lipinski definition) is 2. The van der Waals surface area contributed by atoms with Crippen LogP contribution in [0.2, 0.25) is 0 Å². The molecule has 0 aromatic heterocycles. The molecule has 1 aliphatic heterocycles. The Bertz CT molecular complexity index is 428. The Balaban J connectivity index is 2.40. The average molecular weight is 256 g/mol. The van der Waals surface area contributed by atoms with Crippen LogP contribution in [0.15, 0.2) is 37.0 Å². The molecular formula is C13H15F3N2. The second-order valence-corrected chi connectivity index (χ2v) is 4.23. The number of hydrogen-bond donors (Lipinski definition) is 1. The van der Waals surface area contributed by atoms with Crippen LogP contribution < -0.4 is 5.32 Å². The van der Waals surface area contributed by atoms with Gasteiger partial charge in [0.25, 0.3) is 0 Å². The Morgan fingerprint density at radius 2 is 2.06 bits per heavy atom. The summed E-state index contributed by atoms with van der Waals surface area (Å²) >= 11 is 0. The zero-order valence-corrected chi connectivity index (χ0v) is 9.87. The van der Waals surface area contributed by atoms with Crippen molar-refractivity contribution < 1.29 is 13.2 Å². The molecule has 1 fully saturated rings. The summed E-state index contributed by atoms with van der Waals surface area (Å²) in [5, 5.41) is 3.12. The highest BCUT2D eigenvalue weighted by molar-refractivity contribution is 5.33. The highest BCUT2D eigenvalue weighted by atomic mass is 19.4. The van der Waals surface area contributed by atoms with E-state index in [4.69, 9.17) is 0 Å². The number of nitrogens with one attached hydrogen (secondary N) is 1. The molecule has 2 nitrogen and oxygen atoms in total. The second-order valence-electron chi connectivity index (χ2n) is 4.23. The largest absolute Gasteiger partial charge is 0.416 e. The van der Waals surface area contributed by atoms with Gasteiger partial charge in [-0.25, -0.2) is 0 Å². The Hall–Kier alpha value is -1.49. The zero-order chi connectivity index (χ0) is 13.2. The van der Waals surface area contributed by atoms with E-state index in [-0.39, 0.29) is 6.04 Å². The van der Waals surface area contributed by atoms with Crippen LogP contribution in [0.1, 0.15) is 17.2 Å². The maximum absolute atomic E-state index is 13.0. The lowest BCUT2D eigenvalue weighted by Crippen LogP contribution is -2.43. The molecule has 0 aliphatic carbocycles. The van der Waals surface area contributed by atoms with Gasteiger partial charge in [-0.3, -0.25) is 0 Å². The normalized spacial score (nSPS) is 20.8. The van der Waals surface area contributed by atoms with Crippen molar-refractivity contribution in [3.8, 4) is 0 Å². The van der Waals surface area contributed by atoms with Gasteiger partial charge in [-0.1, -0.05) is 24.8 Å². The second kappa shape index (κ2) is 5.02. The van der Waals surface area contributed by atoms with Crippen LogP contribution in [0.3, 0.4) is 0 Å². The molecule has 0 amide bonds. The lowest BCUT2D eigenvalue weighted by atomic mass is 9.97. The van der Waals surface area contributed by atoms with Gasteiger partial charge in [0.1, 0.15) is 0 Å². The van der Waals surface area contributed by atoms with Gasteiger partial charge >= 0.3 is 6.18 Å². The molecule has 5 heteroatoms. The van der Waals surface area contributed by atoms with E-state index in [2.05, 4.69) is 11.9 Å². The Labute approximate surface area is 104 Å². The third kappa shape index (κ3) is 2.51. The summed E-state index contributed by atoms with van der Waals surface area (Å²) in [6, 6.07) is 5.41. The maximum Gasteiger partial charge on any atom is 0.416 e. The van der Waals surface area contributed by atoms with Crippen molar-refractivity contribution in [3.63, 3.8) is 0 Å². The van der Waals surface area contributed by atoms with Gasteiger partial charge in [0, 0.05) is 19.6 Å². The Kier molecular flexibility index (Phi) is 3.61. The third-order valence-electron chi connectivity index (χ3n) is 3.14. The molecule has 0 bridgehead atoms. The molecule has 1 heterocycles. The fourth-order valence-corrected chi connectivity index (χ4v) is 2.27. The quantitative estimate of drug-likeness (QED) is 0.875. The lowest BCUT2D eigenvalue weighted by Gasteiger charge is -2.36. The highest BCUT2D eigenvalue weighted by Gasteiger charge is 2.36. The van der Waals surface area contributed by atoms with E-state index in [0.29, 0.717) is 18.7 Å². The zero-order valence-electron chi connectivity index (χ0n) is 9.87. The number of halogens is 3. The van der Waals surface area contributed by atoms with Crippen molar-refractivity contribution in [2.45, 2.75) is 12.2 Å². The van der Waals surface area contributed by atoms with Crippen molar-refractivity contribution in [1.82, 2.24) is 10.2 Å². The van der Waals surface area contributed by atoms with Crippen LogP contribution in [0.5, 0.6) is 0 Å². The highest BCUT2D eigenvalue weighted by Crippen LogP contribution is 2.36. The molecule has 1 atom stereocenters. The predicted molar refractivity (Wildman–Crippen MR) is 64.0 cm³/mol. The van der Waals surface area contributed by atoms with Gasteiger partial charge < -0.3 is 10.2 Å². The van der Waals surface area contributed by atoms with Crippen LogP contribution in [-0.2, 0) is 6.18 Å². The molecule has 1 N–H and O–H groups in total. The predicted octanol–water partition coefficient (Wildman–Crippen LogP) is 2.80. The minimum Gasteiger partial charge on any atom is -0.368 e. The van der Waals surface area contributed by atoms with E-state index in [1.807, 2.05) is 4.90 Å². The van der Waals surface area contributed by atoms with Crippen LogP contribution in [0.25, 0.3) is 0 Å². The fourth-order valence-electron chi connectivity index (χ4n) is 2.27. The van der Waals surface area contributed by atoms with Gasteiger partial charge in [-0.15, -0.1) is 0 Å². The summed E-state index contributed by atoms with van der Waals surface area (Å²) in [7, 11) is 0. The van der Waals surface area contributed by atoms with Crippen LogP contribution >= 0.6 is 0 Å². The minimum absolute atomic E-state index is 0.303. The van der Waals surface area contributed by atoms with Crippen molar-refractivity contribution >= 4 is 0 Å². The molecule has 0 radical (unpaired) electrons. The standard InChI is InChI=1S/C13H15F3N2/c1-2-18-8-7-17-9-12(18)10-5-3-4-6-11(10)13(14,15)16/h2-6,12,17H,1,7-9H2. The Morgan fingerprint density at radius 3 is 2.72 bits per heavy atom. The monoisotopic (exact) mass is 256 g/mol. The maximum atomic E-state index is 13.0. The molecular weight excluding hydrogens is 241 g/mol. The summed E-state index contributed by atoms with van der Waals surface area (Å²) in [6.07, 6.45) is -2.71. The number of benzene rings is 1. The van der Waals surface area contributed by atoms with E-state index >= 15 is 0 Å². The first-order valence-electron chi connectivity index (χ1n) is 5.79. The van der Waals surface area contributed by atoms with Crippen LogP contribution in [-0.4, -0.2) is 24.5 Å². The molecule has 98 valence electrons. The topological polar surface area (TPSA) is 15.3 Å². The average Bonchev–Trinajstić information content (AvgIpc) is 2.37. The summed E-state index contributed by atoms with van der Waals surface area (Å²) < 4.78 is 38.9. The molecule has 0 spiro atoms. The van der Waals surface area contributed by atoms with E-state index < -0.39 is 11.7 Å². The van der Waals surface area contributed by atoms with Crippen molar-refractivity contribution in [3.05, 3.63) is 48.2 Å². The van der Waals surface area contributed by atoms with Gasteiger partial charge in [0.05, 0.1) is 11.6 Å². The summed E-state index contributed by atoms with van der Waals surface area (Å²) in [6.45, 7) is 5.60. The molecule has 1 aromatic carbocycles. The summed E-state index contributed by atoms with van der Waals surface area (Å²) in [4.78, 5) is 1.85. The first-order chi connectivity index (χ1) is 8.54. The van der Waals surface area contributed by atoms with Gasteiger partial charge in [0.2, 0.25) is 0 Å². The van der Waals surface area contributed by atoms with Gasteiger partial charge in [0.15, 0.2) is 0 Å². The summed E-state index contributed by atoms with van der Waals surface area (Å²) in [5.41, 5.74) is -0.261. The number of nitrogens with zero attached hydrogens (tertiary/aromatic N) is 1. The molecule has 1 saturated heterocycles. The van der Waals surface area contributed by atoms with E-state index in [1.165, 1.54) is 12.1 Å². The van der Waals surface area contributed by atoms with Gasteiger partial charge in [-0.05, 0) is 17.8 Å². The molecule has 1 unspecified atom stereocenters. The van der Waals surface area contributed by atoms with Crippen molar-refractivity contribution in [1.29, 1.82) is 0 Å². The molecule has 1 aromatic rings. The van der Waals surface area contributed by atoms with E-state index in [1.54, 1.807) is 12.3 Å². The van der Waals surface area contributed by atoms with Crippen molar-refractivity contribution in [2.75, 3.05) is 19.6 Å². The van der Waals surface area contributed by atoms with E-state index in [9.17, 15) is 13.2 Å². The number of alkyl halides is 3. The number of rotatable bonds is 2. The lowest BCUT2D eigenvalue weighted by molar-refractivity contribution is -0.138.